The van der Waals surface area contributed by atoms with Crippen LogP contribution in [0.2, 0.25) is 0 Å². The van der Waals surface area contributed by atoms with Crippen LogP contribution in [-0.4, -0.2) is 184 Å². The molecule has 0 aromatic heterocycles. The van der Waals surface area contributed by atoms with Crippen LogP contribution in [0.4, 0.5) is 158 Å². The molecule has 21 nitrogen and oxygen atoms in total. The molecule has 0 aliphatic heterocycles. The first kappa shape index (κ1) is 98.5. The maximum Gasteiger partial charge on any atom is 3.00 e. The number of alkyl halides is 36. The van der Waals surface area contributed by atoms with Crippen molar-refractivity contribution in [2.45, 2.75) is 88.4 Å². The SMILES string of the molecule is O=S(=O)(O)C(F)(F)F.O=S(=O)(O)C(F)(F)F.O=S(=O)(O)C(F)(F)F.O=S(=O)(O)C(F)(F)F.O=S(=O)(O)C(F)(F)F.O=S(=O)(O)C(F)(F)F.[Al+3].[O-]C(C(F)(F)F)C(F)(F)F.[O-]C(C(F)(F)F)C(F)(F)F.[O-]C(C(F)(F)F)C(F)(F)F. The standard InChI is InChI=1S/3C3HF6O.6CHF3O3S.Al/c3*4-2(5,6)1(10)3(7,8)9;6*2-1(3,4)8(5,6)7;/h3*1H;6*(H,5,6,7);/q3*-1;;;;;;;+3. The van der Waals surface area contributed by atoms with E-state index in [-0.39, 0.29) is 17.4 Å². The molecule has 0 aromatic carbocycles. The van der Waals surface area contributed by atoms with Crippen LogP contribution in [0.5, 0.6) is 0 Å². The Kier molecular flexibility index (Phi) is 39.7. The van der Waals surface area contributed by atoms with Gasteiger partial charge in [0.05, 0.1) is 18.3 Å². The van der Waals surface area contributed by atoms with Crippen molar-refractivity contribution in [1.82, 2.24) is 0 Å². The van der Waals surface area contributed by atoms with Crippen molar-refractivity contribution < 1.29 is 251 Å². The molecule has 0 aliphatic carbocycles. The van der Waals surface area contributed by atoms with Gasteiger partial charge in [-0.05, 0) is 0 Å². The molecule has 0 atom stereocenters. The molecule has 0 aliphatic rings. The molecule has 0 unspecified atom stereocenters. The van der Waals surface area contributed by atoms with Gasteiger partial charge in [0.1, 0.15) is 0 Å². The Morgan fingerprint density at radius 1 is 0.203 bits per heavy atom. The van der Waals surface area contributed by atoms with Crippen molar-refractivity contribution in [3.8, 4) is 0 Å². The molecule has 0 heterocycles. The minimum absolute atomic E-state index is 0. The first-order chi connectivity index (χ1) is 32.0. The Bertz CT molecular complexity index is 1970. The quantitative estimate of drug-likeness (QED) is 0.0841. The Hall–Kier alpha value is -2.65. The van der Waals surface area contributed by atoms with Crippen LogP contribution in [-0.2, 0) is 60.7 Å². The average Bonchev–Trinajstić information content (AvgIpc) is 3.01. The molecule has 0 radical (unpaired) electrons. The van der Waals surface area contributed by atoms with Gasteiger partial charge < -0.3 is 15.3 Å². The zero-order chi connectivity index (χ0) is 67.7. The molecule has 0 fully saturated rings. The Balaban J connectivity index is -0.0000000848. The van der Waals surface area contributed by atoms with Gasteiger partial charge in [0.25, 0.3) is 0 Å². The molecule has 486 valence electrons. The summed E-state index contributed by atoms with van der Waals surface area (Å²) < 4.78 is 542. The summed E-state index contributed by atoms with van der Waals surface area (Å²) in [7, 11) is -35.0. The molecule has 64 heteroatoms. The van der Waals surface area contributed by atoms with E-state index in [2.05, 4.69) is 0 Å². The third kappa shape index (κ3) is 53.1. The fourth-order valence-corrected chi connectivity index (χ4v) is 0.557. The van der Waals surface area contributed by atoms with E-state index in [1.165, 1.54) is 0 Å². The summed E-state index contributed by atoms with van der Waals surface area (Å²) in [5.74, 6) is 0. The van der Waals surface area contributed by atoms with Crippen LogP contribution in [0.1, 0.15) is 0 Å². The minimum atomic E-state index is -5.84. The summed E-state index contributed by atoms with van der Waals surface area (Å²) in [6, 6.07) is 0. The fraction of sp³-hybridized carbons (Fsp3) is 1.00. The first-order valence-corrected chi connectivity index (χ1v) is 22.2. The van der Waals surface area contributed by atoms with Crippen molar-refractivity contribution in [2.24, 2.45) is 0 Å². The second-order valence-corrected chi connectivity index (χ2v) is 18.4. The predicted molar refractivity (Wildman–Crippen MR) is 159 cm³/mol. The molecule has 0 spiro atoms. The zero-order valence-electron chi connectivity index (χ0n) is 33.2. The molecule has 0 saturated carbocycles. The second kappa shape index (κ2) is 31.9. The molecular formula is C15H9AlF36O21S6. The summed E-state index contributed by atoms with van der Waals surface area (Å²) >= 11 is 0. The van der Waals surface area contributed by atoms with E-state index >= 15 is 0 Å². The van der Waals surface area contributed by atoms with Crippen LogP contribution in [0.15, 0.2) is 0 Å². The summed E-state index contributed by atoms with van der Waals surface area (Å²) in [5.41, 5.74) is -33.2. The van der Waals surface area contributed by atoms with Gasteiger partial charge in [-0.25, -0.2) is 0 Å². The van der Waals surface area contributed by atoms with Gasteiger partial charge >= 0.3 is 148 Å². The first-order valence-electron chi connectivity index (χ1n) is 13.6. The summed E-state index contributed by atoms with van der Waals surface area (Å²) in [5, 5.41) is 28.0. The number of halogens is 36. The topological polar surface area (TPSA) is 395 Å². The van der Waals surface area contributed by atoms with Gasteiger partial charge in [-0.3, -0.25) is 27.3 Å². The van der Waals surface area contributed by atoms with E-state index in [0.29, 0.717) is 0 Å². The van der Waals surface area contributed by atoms with E-state index in [1.54, 1.807) is 0 Å². The van der Waals surface area contributed by atoms with Crippen molar-refractivity contribution in [2.75, 3.05) is 0 Å². The average molecular weight is 1430 g/mol. The van der Waals surface area contributed by atoms with E-state index < -0.39 is 149 Å². The summed E-state index contributed by atoms with van der Waals surface area (Å²) in [4.78, 5) is 0. The van der Waals surface area contributed by atoms with Crippen LogP contribution >= 0.6 is 0 Å². The monoisotopic (exact) mass is 1430 g/mol. The van der Waals surface area contributed by atoms with Gasteiger partial charge in [-0.15, -0.1) is 0 Å². The minimum Gasteiger partial charge on any atom is -0.839 e. The molecule has 0 saturated heterocycles. The molecule has 79 heavy (non-hydrogen) atoms. The van der Waals surface area contributed by atoms with Gasteiger partial charge in [0, 0.05) is 0 Å². The molecule has 0 bridgehead atoms. The van der Waals surface area contributed by atoms with Gasteiger partial charge in [-0.2, -0.15) is 209 Å². The molecule has 6 N–H and O–H groups in total. The maximum absolute atomic E-state index is 10.9. The van der Waals surface area contributed by atoms with E-state index in [4.69, 9.17) is 77.8 Å². The second-order valence-electron chi connectivity index (χ2n) is 9.91. The number of hydrogen-bond donors (Lipinski definition) is 6. The van der Waals surface area contributed by atoms with Crippen LogP contribution in [0.25, 0.3) is 0 Å². The smallest absolute Gasteiger partial charge is 0.839 e. The maximum atomic E-state index is 10.9. The largest absolute Gasteiger partial charge is 3.00 e. The van der Waals surface area contributed by atoms with E-state index in [1.807, 2.05) is 0 Å². The normalized spacial score (nSPS) is 14.0. The van der Waals surface area contributed by atoms with Crippen LogP contribution in [0.3, 0.4) is 0 Å². The number of hydrogen-bond acceptors (Lipinski definition) is 15. The van der Waals surface area contributed by atoms with Crippen molar-refractivity contribution >= 4 is 78.1 Å². The molecule has 0 aromatic rings. The van der Waals surface area contributed by atoms with Crippen LogP contribution < -0.4 is 15.3 Å². The Morgan fingerprint density at radius 2 is 0.241 bits per heavy atom. The van der Waals surface area contributed by atoms with Gasteiger partial charge in [-0.1, -0.05) is 0 Å². The number of rotatable bonds is 0. The molecule has 0 amide bonds. The van der Waals surface area contributed by atoms with Gasteiger partial charge in [0.15, 0.2) is 0 Å². The van der Waals surface area contributed by atoms with E-state index in [0.717, 1.165) is 0 Å². The van der Waals surface area contributed by atoms with Crippen molar-refractivity contribution in [3.05, 3.63) is 0 Å². The summed E-state index contributed by atoms with van der Waals surface area (Å²) in [6.07, 6.45) is -47.9. The zero-order valence-corrected chi connectivity index (χ0v) is 39.2. The van der Waals surface area contributed by atoms with E-state index in [9.17, 15) is 173 Å². The summed E-state index contributed by atoms with van der Waals surface area (Å²) in [6.45, 7) is 0. The fourth-order valence-electron chi connectivity index (χ4n) is 0.557. The molecule has 0 rings (SSSR count). The third-order valence-electron chi connectivity index (χ3n) is 3.54. The van der Waals surface area contributed by atoms with Crippen molar-refractivity contribution in [1.29, 1.82) is 0 Å². The molecular weight excluding hydrogens is 1420 g/mol. The van der Waals surface area contributed by atoms with Crippen LogP contribution in [0, 0.1) is 0 Å². The Morgan fingerprint density at radius 3 is 0.241 bits per heavy atom. The van der Waals surface area contributed by atoms with Crippen molar-refractivity contribution in [3.63, 3.8) is 0 Å². The van der Waals surface area contributed by atoms with Gasteiger partial charge in [0.2, 0.25) is 0 Å². The third-order valence-corrected chi connectivity index (χ3v) is 7.05. The Labute approximate surface area is 417 Å². The predicted octanol–water partition coefficient (Wildman–Crippen LogP) is 4.50.